The van der Waals surface area contributed by atoms with Crippen LogP contribution in [-0.4, -0.2) is 37.5 Å². The fraction of sp³-hybridized carbons (Fsp3) is 0.240. The molecule has 34 heavy (non-hydrogen) atoms. The van der Waals surface area contributed by atoms with Crippen LogP contribution in [0.5, 0.6) is 17.2 Å². The van der Waals surface area contributed by atoms with Gasteiger partial charge in [-0.2, -0.15) is 0 Å². The van der Waals surface area contributed by atoms with Gasteiger partial charge >= 0.3 is 0 Å². The van der Waals surface area contributed by atoms with Gasteiger partial charge < -0.3 is 19.5 Å². The van der Waals surface area contributed by atoms with Crippen molar-refractivity contribution in [3.05, 3.63) is 81.6 Å². The van der Waals surface area contributed by atoms with Gasteiger partial charge in [-0.25, -0.2) is 0 Å². The molecule has 1 atom stereocenters. The lowest BCUT2D eigenvalue weighted by molar-refractivity contribution is -0.123. The molecular formula is C25H24Cl2N2O5. The summed E-state index contributed by atoms with van der Waals surface area (Å²) in [7, 11) is 2.89. The summed E-state index contributed by atoms with van der Waals surface area (Å²) < 4.78 is 16.6. The van der Waals surface area contributed by atoms with Crippen LogP contribution in [0.3, 0.4) is 0 Å². The van der Waals surface area contributed by atoms with Crippen molar-refractivity contribution < 1.29 is 23.8 Å². The van der Waals surface area contributed by atoms with E-state index in [9.17, 15) is 9.59 Å². The molecular weight excluding hydrogens is 479 g/mol. The fourth-order valence-corrected chi connectivity index (χ4v) is 3.87. The third-order valence-corrected chi connectivity index (χ3v) is 5.77. The van der Waals surface area contributed by atoms with Crippen molar-refractivity contribution in [2.24, 2.45) is 0 Å². The van der Waals surface area contributed by atoms with Crippen LogP contribution >= 0.6 is 23.2 Å². The van der Waals surface area contributed by atoms with Crippen molar-refractivity contribution in [2.45, 2.75) is 19.4 Å². The predicted molar refractivity (Wildman–Crippen MR) is 130 cm³/mol. The number of carbonyl (C=O) groups is 2. The Kier molecular flexibility index (Phi) is 8.73. The molecule has 0 aliphatic heterocycles. The van der Waals surface area contributed by atoms with Crippen molar-refractivity contribution in [1.29, 1.82) is 0 Å². The SMILES string of the molecule is COc1ccc(C(=O)Cc2c(Cl)cncc2Cl)c(OCC(=O)N[C@@H](C)c2ccccc2)c1OC. The molecule has 0 saturated heterocycles. The van der Waals surface area contributed by atoms with Gasteiger partial charge in [0.05, 0.1) is 35.9 Å². The number of rotatable bonds is 10. The van der Waals surface area contributed by atoms with Crippen LogP contribution < -0.4 is 19.5 Å². The highest BCUT2D eigenvalue weighted by atomic mass is 35.5. The smallest absolute Gasteiger partial charge is 0.258 e. The number of Topliss-reactive ketones (excluding diaryl/α,β-unsaturated/α-hetero) is 1. The van der Waals surface area contributed by atoms with Crippen LogP contribution in [0, 0.1) is 0 Å². The van der Waals surface area contributed by atoms with Gasteiger partial charge in [0.15, 0.2) is 23.9 Å². The Morgan fingerprint density at radius 1 is 0.971 bits per heavy atom. The molecule has 1 heterocycles. The summed E-state index contributed by atoms with van der Waals surface area (Å²) in [4.78, 5) is 29.7. The van der Waals surface area contributed by atoms with Gasteiger partial charge in [-0.15, -0.1) is 0 Å². The number of aromatic nitrogens is 1. The average Bonchev–Trinajstić information content (AvgIpc) is 2.84. The summed E-state index contributed by atoms with van der Waals surface area (Å²) in [6.45, 7) is 1.54. The Balaban J connectivity index is 1.83. The molecule has 7 nitrogen and oxygen atoms in total. The highest BCUT2D eigenvalue weighted by molar-refractivity contribution is 6.36. The number of hydrogen-bond donors (Lipinski definition) is 1. The molecule has 0 unspecified atom stereocenters. The molecule has 0 saturated carbocycles. The lowest BCUT2D eigenvalue weighted by Crippen LogP contribution is -2.31. The van der Waals surface area contributed by atoms with Crippen molar-refractivity contribution in [3.8, 4) is 17.2 Å². The monoisotopic (exact) mass is 502 g/mol. The molecule has 0 fully saturated rings. The standard InChI is InChI=1S/C25H24Cl2N2O5/c1-15(16-7-5-4-6-8-16)29-23(31)14-34-24-17(9-10-22(32-2)25(24)33-3)21(30)11-18-19(26)12-28-13-20(18)27/h4-10,12-13,15H,11,14H2,1-3H3,(H,29,31)/t15-/m0/s1. The van der Waals surface area contributed by atoms with E-state index in [1.54, 1.807) is 12.1 Å². The lowest BCUT2D eigenvalue weighted by atomic mass is 10.0. The number of carbonyl (C=O) groups excluding carboxylic acids is 2. The Labute approximate surface area is 208 Å². The Hall–Kier alpha value is -3.29. The first-order chi connectivity index (χ1) is 16.3. The van der Waals surface area contributed by atoms with Gasteiger partial charge in [-0.3, -0.25) is 14.6 Å². The highest BCUT2D eigenvalue weighted by Crippen LogP contribution is 2.41. The van der Waals surface area contributed by atoms with Crippen LogP contribution in [0.4, 0.5) is 0 Å². The number of benzene rings is 2. The number of hydrogen-bond acceptors (Lipinski definition) is 6. The molecule has 9 heteroatoms. The van der Waals surface area contributed by atoms with E-state index in [0.717, 1.165) is 5.56 Å². The van der Waals surface area contributed by atoms with Crippen LogP contribution in [0.15, 0.2) is 54.9 Å². The van der Waals surface area contributed by atoms with Crippen molar-refractivity contribution >= 4 is 34.9 Å². The number of nitrogens with one attached hydrogen (secondary N) is 1. The van der Waals surface area contributed by atoms with Gasteiger partial charge in [0.25, 0.3) is 5.91 Å². The molecule has 0 radical (unpaired) electrons. The number of pyridine rings is 1. The Morgan fingerprint density at radius 2 is 1.65 bits per heavy atom. The minimum atomic E-state index is -0.361. The molecule has 0 aliphatic carbocycles. The molecule has 178 valence electrons. The zero-order valence-corrected chi connectivity index (χ0v) is 20.4. The zero-order valence-electron chi connectivity index (χ0n) is 18.9. The maximum Gasteiger partial charge on any atom is 0.258 e. The largest absolute Gasteiger partial charge is 0.493 e. The molecule has 1 amide bonds. The second kappa shape index (κ2) is 11.7. The molecule has 0 aliphatic rings. The molecule has 2 aromatic carbocycles. The summed E-state index contributed by atoms with van der Waals surface area (Å²) in [6, 6.07) is 12.5. The van der Waals surface area contributed by atoms with Crippen LogP contribution in [0.1, 0.15) is 34.5 Å². The topological polar surface area (TPSA) is 86.8 Å². The van der Waals surface area contributed by atoms with Crippen LogP contribution in [0.25, 0.3) is 0 Å². The van der Waals surface area contributed by atoms with Gasteiger partial charge in [0, 0.05) is 24.4 Å². The van der Waals surface area contributed by atoms with Crippen molar-refractivity contribution in [1.82, 2.24) is 10.3 Å². The minimum Gasteiger partial charge on any atom is -0.493 e. The highest BCUT2D eigenvalue weighted by Gasteiger charge is 2.24. The first-order valence-electron chi connectivity index (χ1n) is 10.4. The summed E-state index contributed by atoms with van der Waals surface area (Å²) in [5, 5.41) is 3.43. The molecule has 0 spiro atoms. The molecule has 1 N–H and O–H groups in total. The first-order valence-corrected chi connectivity index (χ1v) is 11.1. The predicted octanol–water partition coefficient (Wildman–Crippen LogP) is 5.09. The molecule has 3 rings (SSSR count). The second-order valence-electron chi connectivity index (χ2n) is 7.35. The Morgan fingerprint density at radius 3 is 2.26 bits per heavy atom. The van der Waals surface area contributed by atoms with E-state index in [1.807, 2.05) is 37.3 Å². The average molecular weight is 503 g/mol. The van der Waals surface area contributed by atoms with E-state index in [0.29, 0.717) is 11.3 Å². The number of methoxy groups -OCH3 is 2. The number of ketones is 1. The lowest BCUT2D eigenvalue weighted by Gasteiger charge is -2.18. The maximum absolute atomic E-state index is 13.2. The van der Waals surface area contributed by atoms with Gasteiger partial charge in [-0.1, -0.05) is 53.5 Å². The van der Waals surface area contributed by atoms with E-state index < -0.39 is 0 Å². The quantitative estimate of drug-likeness (QED) is 0.388. The van der Waals surface area contributed by atoms with E-state index >= 15 is 0 Å². The normalized spacial score (nSPS) is 11.4. The maximum atomic E-state index is 13.2. The fourth-order valence-electron chi connectivity index (χ4n) is 3.37. The summed E-state index contributed by atoms with van der Waals surface area (Å²) >= 11 is 12.4. The first kappa shape index (κ1) is 25.3. The van der Waals surface area contributed by atoms with E-state index in [4.69, 9.17) is 37.4 Å². The van der Waals surface area contributed by atoms with Crippen LogP contribution in [-0.2, 0) is 11.2 Å². The summed E-state index contributed by atoms with van der Waals surface area (Å²) in [5.74, 6) is -0.0456. The third kappa shape index (κ3) is 5.98. The third-order valence-electron chi connectivity index (χ3n) is 5.11. The number of halogens is 2. The van der Waals surface area contributed by atoms with E-state index in [1.165, 1.54) is 26.6 Å². The van der Waals surface area contributed by atoms with Gasteiger partial charge in [0.2, 0.25) is 5.75 Å². The Bertz CT molecular complexity index is 1150. The summed E-state index contributed by atoms with van der Waals surface area (Å²) in [5.41, 5.74) is 1.60. The summed E-state index contributed by atoms with van der Waals surface area (Å²) in [6.07, 6.45) is 2.74. The minimum absolute atomic E-state index is 0.0932. The molecule has 3 aromatic rings. The van der Waals surface area contributed by atoms with Crippen molar-refractivity contribution in [3.63, 3.8) is 0 Å². The van der Waals surface area contributed by atoms with E-state index in [-0.39, 0.29) is 57.9 Å². The van der Waals surface area contributed by atoms with Gasteiger partial charge in [-0.05, 0) is 24.6 Å². The number of amides is 1. The number of nitrogens with zero attached hydrogens (tertiary/aromatic N) is 1. The van der Waals surface area contributed by atoms with E-state index in [2.05, 4.69) is 10.3 Å². The number of ether oxygens (including phenoxy) is 3. The molecule has 0 bridgehead atoms. The van der Waals surface area contributed by atoms with Crippen molar-refractivity contribution in [2.75, 3.05) is 20.8 Å². The van der Waals surface area contributed by atoms with Crippen LogP contribution in [0.2, 0.25) is 10.0 Å². The zero-order chi connectivity index (χ0) is 24.7. The second-order valence-corrected chi connectivity index (χ2v) is 8.16. The van der Waals surface area contributed by atoms with Gasteiger partial charge in [0.1, 0.15) is 0 Å². The molecule has 1 aromatic heterocycles.